The summed E-state index contributed by atoms with van der Waals surface area (Å²) in [6, 6.07) is 0. The molecule has 2 aliphatic carbocycles. The van der Waals surface area contributed by atoms with Crippen LogP contribution in [-0.4, -0.2) is 17.7 Å². The smallest absolute Gasteiger partial charge is 0.408 e. The maximum Gasteiger partial charge on any atom is 0.408 e. The van der Waals surface area contributed by atoms with Gasteiger partial charge < -0.3 is 10.1 Å². The lowest BCUT2D eigenvalue weighted by Gasteiger charge is -2.44. The quantitative estimate of drug-likeness (QED) is 0.665. The molecule has 1 saturated heterocycles. The van der Waals surface area contributed by atoms with Crippen LogP contribution in [0.1, 0.15) is 45.4 Å². The van der Waals surface area contributed by atoms with Crippen molar-refractivity contribution in [1.82, 2.24) is 5.32 Å². The predicted octanol–water partition coefficient (Wildman–Crippen LogP) is 2.45. The van der Waals surface area contributed by atoms with Crippen LogP contribution in [0.4, 0.5) is 4.79 Å². The molecule has 3 rings (SSSR count). The first-order valence-electron chi connectivity index (χ1n) is 6.16. The maximum absolute atomic E-state index is 11.3. The van der Waals surface area contributed by atoms with E-state index in [1.807, 2.05) is 0 Å². The van der Waals surface area contributed by atoms with Gasteiger partial charge in [-0.25, -0.2) is 4.79 Å². The Morgan fingerprint density at radius 2 is 2.07 bits per heavy atom. The Morgan fingerprint density at radius 3 is 2.87 bits per heavy atom. The molecular formula is C12H19NO2. The van der Waals surface area contributed by atoms with E-state index in [-0.39, 0.29) is 17.7 Å². The molecule has 2 saturated carbocycles. The van der Waals surface area contributed by atoms with E-state index in [1.54, 1.807) is 0 Å². The lowest BCUT2D eigenvalue weighted by molar-refractivity contribution is 0.0165. The van der Waals surface area contributed by atoms with Crippen molar-refractivity contribution in [1.29, 1.82) is 0 Å². The molecule has 0 spiro atoms. The Kier molecular flexibility index (Phi) is 1.98. The Labute approximate surface area is 90.6 Å². The first-order chi connectivity index (χ1) is 7.17. The van der Waals surface area contributed by atoms with Gasteiger partial charge in [0.2, 0.25) is 0 Å². The molecule has 3 nitrogen and oxygen atoms in total. The van der Waals surface area contributed by atoms with Crippen LogP contribution in [0.5, 0.6) is 0 Å². The summed E-state index contributed by atoms with van der Waals surface area (Å²) in [5.41, 5.74) is -0.0738. The number of amides is 1. The third-order valence-corrected chi connectivity index (χ3v) is 4.62. The zero-order valence-corrected chi connectivity index (χ0v) is 9.29. The highest BCUT2D eigenvalue weighted by Crippen LogP contribution is 2.46. The van der Waals surface area contributed by atoms with E-state index in [9.17, 15) is 4.79 Å². The van der Waals surface area contributed by atoms with Gasteiger partial charge in [0.25, 0.3) is 0 Å². The largest absolute Gasteiger partial charge is 0.444 e. The van der Waals surface area contributed by atoms with Gasteiger partial charge in [0.05, 0.1) is 5.54 Å². The fourth-order valence-electron chi connectivity index (χ4n) is 3.78. The molecule has 2 unspecified atom stereocenters. The number of carbonyl (C=O) groups is 1. The first-order valence-corrected chi connectivity index (χ1v) is 6.16. The molecule has 1 N–H and O–H groups in total. The van der Waals surface area contributed by atoms with Crippen LogP contribution in [0.15, 0.2) is 0 Å². The molecule has 1 heterocycles. The Balaban J connectivity index is 1.81. The molecule has 0 aromatic rings. The summed E-state index contributed by atoms with van der Waals surface area (Å²) < 4.78 is 5.37. The van der Waals surface area contributed by atoms with E-state index in [4.69, 9.17) is 4.74 Å². The first kappa shape index (κ1) is 9.49. The summed E-state index contributed by atoms with van der Waals surface area (Å²) in [6.07, 6.45) is 7.56. The minimum atomic E-state index is -0.207. The van der Waals surface area contributed by atoms with E-state index in [1.165, 1.54) is 25.7 Å². The van der Waals surface area contributed by atoms with E-state index < -0.39 is 0 Å². The lowest BCUT2D eigenvalue weighted by Crippen LogP contribution is -2.52. The number of hydrogen-bond donors (Lipinski definition) is 1. The Morgan fingerprint density at radius 1 is 1.33 bits per heavy atom. The van der Waals surface area contributed by atoms with Crippen molar-refractivity contribution in [2.75, 3.05) is 0 Å². The number of alkyl carbamates (subject to hydrolysis) is 1. The second-order valence-electron chi connectivity index (χ2n) is 5.68. The highest BCUT2D eigenvalue weighted by molar-refractivity contribution is 5.71. The minimum absolute atomic E-state index is 0.0738. The molecule has 84 valence electrons. The molecule has 4 atom stereocenters. The second kappa shape index (κ2) is 3.13. The Hall–Kier alpha value is -0.730. The van der Waals surface area contributed by atoms with Crippen LogP contribution < -0.4 is 5.32 Å². The summed E-state index contributed by atoms with van der Waals surface area (Å²) in [5, 5.41) is 3.00. The van der Waals surface area contributed by atoms with Crippen LogP contribution >= 0.6 is 0 Å². The van der Waals surface area contributed by atoms with Gasteiger partial charge >= 0.3 is 6.09 Å². The molecule has 0 bridgehead atoms. The fraction of sp³-hybridized carbons (Fsp3) is 0.917. The van der Waals surface area contributed by atoms with Gasteiger partial charge in [-0.05, 0) is 31.6 Å². The van der Waals surface area contributed by atoms with Crippen molar-refractivity contribution in [2.24, 2.45) is 11.8 Å². The van der Waals surface area contributed by atoms with E-state index in [0.29, 0.717) is 0 Å². The molecule has 1 aliphatic heterocycles. The average molecular weight is 209 g/mol. The summed E-state index contributed by atoms with van der Waals surface area (Å²) in [5.74, 6) is 1.63. The SMILES string of the molecule is C[C@@]12CC3CCCCC3C[C@@H]1OC(=O)N2. The molecule has 15 heavy (non-hydrogen) atoms. The van der Waals surface area contributed by atoms with Gasteiger partial charge in [-0.15, -0.1) is 0 Å². The number of hydrogen-bond acceptors (Lipinski definition) is 2. The summed E-state index contributed by atoms with van der Waals surface area (Å²) in [7, 11) is 0. The van der Waals surface area contributed by atoms with Crippen molar-refractivity contribution in [3.05, 3.63) is 0 Å². The van der Waals surface area contributed by atoms with Crippen molar-refractivity contribution >= 4 is 6.09 Å². The van der Waals surface area contributed by atoms with Gasteiger partial charge in [-0.1, -0.05) is 25.7 Å². The second-order valence-corrected chi connectivity index (χ2v) is 5.68. The highest BCUT2D eigenvalue weighted by atomic mass is 16.6. The van der Waals surface area contributed by atoms with Gasteiger partial charge in [0.15, 0.2) is 0 Å². The fourth-order valence-corrected chi connectivity index (χ4v) is 3.78. The van der Waals surface area contributed by atoms with Crippen LogP contribution in [0.3, 0.4) is 0 Å². The van der Waals surface area contributed by atoms with Gasteiger partial charge in [-0.3, -0.25) is 0 Å². The van der Waals surface area contributed by atoms with Crippen molar-refractivity contribution < 1.29 is 9.53 Å². The Bertz CT molecular complexity index is 291. The van der Waals surface area contributed by atoms with Crippen LogP contribution in [0.2, 0.25) is 0 Å². The molecule has 0 aromatic carbocycles. The monoisotopic (exact) mass is 209 g/mol. The van der Waals surface area contributed by atoms with Crippen LogP contribution in [0, 0.1) is 11.8 Å². The summed E-state index contributed by atoms with van der Waals surface area (Å²) >= 11 is 0. The number of nitrogens with one attached hydrogen (secondary N) is 1. The molecule has 3 fully saturated rings. The molecular weight excluding hydrogens is 190 g/mol. The molecule has 0 aromatic heterocycles. The lowest BCUT2D eigenvalue weighted by atomic mass is 9.64. The van der Waals surface area contributed by atoms with E-state index in [0.717, 1.165) is 24.7 Å². The zero-order chi connectivity index (χ0) is 10.5. The maximum atomic E-state index is 11.3. The number of ether oxygens (including phenoxy) is 1. The van der Waals surface area contributed by atoms with Gasteiger partial charge in [0, 0.05) is 0 Å². The van der Waals surface area contributed by atoms with Crippen molar-refractivity contribution in [3.8, 4) is 0 Å². The number of rotatable bonds is 0. The zero-order valence-electron chi connectivity index (χ0n) is 9.29. The molecule has 0 radical (unpaired) electrons. The van der Waals surface area contributed by atoms with Crippen LogP contribution in [0.25, 0.3) is 0 Å². The highest BCUT2D eigenvalue weighted by Gasteiger charge is 2.51. The van der Waals surface area contributed by atoms with Gasteiger partial charge in [0.1, 0.15) is 6.10 Å². The average Bonchev–Trinajstić information content (AvgIpc) is 2.47. The topological polar surface area (TPSA) is 38.3 Å². The van der Waals surface area contributed by atoms with Crippen molar-refractivity contribution in [3.63, 3.8) is 0 Å². The van der Waals surface area contributed by atoms with E-state index in [2.05, 4.69) is 12.2 Å². The van der Waals surface area contributed by atoms with E-state index >= 15 is 0 Å². The summed E-state index contributed by atoms with van der Waals surface area (Å²) in [4.78, 5) is 11.3. The van der Waals surface area contributed by atoms with Crippen molar-refractivity contribution in [2.45, 2.75) is 57.1 Å². The summed E-state index contributed by atoms with van der Waals surface area (Å²) in [6.45, 7) is 2.15. The molecule has 3 heteroatoms. The normalized spacial score (nSPS) is 48.9. The number of fused-ring (bicyclic) bond motifs is 2. The standard InChI is InChI=1S/C12H19NO2/c1-12-7-9-5-3-2-4-8(9)6-10(12)15-11(14)13-12/h8-10H,2-7H2,1H3,(H,13,14)/t8?,9?,10-,12+/m0/s1. The van der Waals surface area contributed by atoms with Gasteiger partial charge in [-0.2, -0.15) is 0 Å². The predicted molar refractivity (Wildman–Crippen MR) is 56.5 cm³/mol. The molecule has 1 amide bonds. The third-order valence-electron chi connectivity index (χ3n) is 4.62. The third kappa shape index (κ3) is 1.44. The molecule has 3 aliphatic rings. The number of carbonyl (C=O) groups excluding carboxylic acids is 1. The van der Waals surface area contributed by atoms with Crippen LogP contribution in [-0.2, 0) is 4.74 Å². The minimum Gasteiger partial charge on any atom is -0.444 e.